The van der Waals surface area contributed by atoms with Crippen molar-refractivity contribution in [3.8, 4) is 5.75 Å². The van der Waals surface area contributed by atoms with Crippen LogP contribution in [0.5, 0.6) is 5.75 Å². The summed E-state index contributed by atoms with van der Waals surface area (Å²) < 4.78 is 5.25. The summed E-state index contributed by atoms with van der Waals surface area (Å²) in [5.41, 5.74) is 11.9. The number of hydrazone groups is 1. The van der Waals surface area contributed by atoms with Crippen molar-refractivity contribution in [3.63, 3.8) is 0 Å². The molecule has 2 atom stereocenters. The SMILES string of the molecule is COc1cccc(C2CC(C(=O)N/N=C/c3ccc(N(C)C)cc3)NN2)c1. The third kappa shape index (κ3) is 4.84. The van der Waals surface area contributed by atoms with Crippen molar-refractivity contribution in [1.29, 1.82) is 0 Å². The molecule has 2 aromatic carbocycles. The molecule has 7 nitrogen and oxygen atoms in total. The molecule has 27 heavy (non-hydrogen) atoms. The van der Waals surface area contributed by atoms with Crippen LogP contribution in [0, 0.1) is 0 Å². The Hall–Kier alpha value is -2.90. The predicted octanol–water partition coefficient (Wildman–Crippen LogP) is 1.82. The number of amides is 1. The van der Waals surface area contributed by atoms with E-state index in [1.807, 2.05) is 67.5 Å². The van der Waals surface area contributed by atoms with E-state index in [9.17, 15) is 4.79 Å². The maximum atomic E-state index is 12.3. The largest absolute Gasteiger partial charge is 0.497 e. The van der Waals surface area contributed by atoms with Crippen LogP contribution in [0.15, 0.2) is 53.6 Å². The lowest BCUT2D eigenvalue weighted by molar-refractivity contribution is -0.122. The highest BCUT2D eigenvalue weighted by molar-refractivity contribution is 5.85. The van der Waals surface area contributed by atoms with Gasteiger partial charge in [-0.15, -0.1) is 0 Å². The minimum absolute atomic E-state index is 0.0402. The molecule has 1 saturated heterocycles. The van der Waals surface area contributed by atoms with E-state index < -0.39 is 0 Å². The van der Waals surface area contributed by atoms with Crippen molar-refractivity contribution in [2.45, 2.75) is 18.5 Å². The van der Waals surface area contributed by atoms with Gasteiger partial charge in [0, 0.05) is 25.8 Å². The molecule has 0 aliphatic carbocycles. The van der Waals surface area contributed by atoms with Crippen LogP contribution in [0.2, 0.25) is 0 Å². The zero-order valence-corrected chi connectivity index (χ0v) is 15.8. The molecule has 1 fully saturated rings. The molecule has 1 aliphatic rings. The minimum Gasteiger partial charge on any atom is -0.497 e. The van der Waals surface area contributed by atoms with Gasteiger partial charge in [0.15, 0.2) is 0 Å². The van der Waals surface area contributed by atoms with Crippen LogP contribution in [0.25, 0.3) is 0 Å². The Bertz CT molecular complexity index is 804. The van der Waals surface area contributed by atoms with Crippen molar-refractivity contribution < 1.29 is 9.53 Å². The number of hydrazine groups is 1. The third-order valence-electron chi connectivity index (χ3n) is 4.51. The van der Waals surface area contributed by atoms with Gasteiger partial charge in [-0.05, 0) is 41.8 Å². The van der Waals surface area contributed by atoms with Gasteiger partial charge in [-0.3, -0.25) is 4.79 Å². The first kappa shape index (κ1) is 18.9. The van der Waals surface area contributed by atoms with Crippen LogP contribution in [0.4, 0.5) is 5.69 Å². The molecule has 142 valence electrons. The molecule has 0 bridgehead atoms. The number of nitrogens with zero attached hydrogens (tertiary/aromatic N) is 2. The number of carbonyl (C=O) groups excluding carboxylic acids is 1. The van der Waals surface area contributed by atoms with E-state index >= 15 is 0 Å². The molecule has 1 aliphatic heterocycles. The second-order valence-corrected chi connectivity index (χ2v) is 6.63. The summed E-state index contributed by atoms with van der Waals surface area (Å²) in [6.45, 7) is 0. The quantitative estimate of drug-likeness (QED) is 0.536. The smallest absolute Gasteiger partial charge is 0.258 e. The number of carbonyl (C=O) groups is 1. The van der Waals surface area contributed by atoms with Gasteiger partial charge in [0.25, 0.3) is 5.91 Å². The Balaban J connectivity index is 1.52. The number of nitrogens with one attached hydrogen (secondary N) is 3. The first-order valence-electron chi connectivity index (χ1n) is 8.82. The van der Waals surface area contributed by atoms with E-state index in [1.165, 1.54) is 0 Å². The highest BCUT2D eigenvalue weighted by Gasteiger charge is 2.30. The molecule has 3 rings (SSSR count). The molecule has 0 spiro atoms. The van der Waals surface area contributed by atoms with Crippen LogP contribution in [0.3, 0.4) is 0 Å². The summed E-state index contributed by atoms with van der Waals surface area (Å²) in [5.74, 6) is 0.626. The van der Waals surface area contributed by atoms with Crippen molar-refractivity contribution in [3.05, 3.63) is 59.7 Å². The minimum atomic E-state index is -0.352. The lowest BCUT2D eigenvalue weighted by Gasteiger charge is -2.11. The van der Waals surface area contributed by atoms with Gasteiger partial charge in [-0.25, -0.2) is 16.3 Å². The van der Waals surface area contributed by atoms with Gasteiger partial charge in [-0.2, -0.15) is 5.10 Å². The summed E-state index contributed by atoms with van der Waals surface area (Å²) in [5, 5.41) is 4.06. The van der Waals surface area contributed by atoms with E-state index in [-0.39, 0.29) is 18.0 Å². The fourth-order valence-corrected chi connectivity index (χ4v) is 2.91. The fraction of sp³-hybridized carbons (Fsp3) is 0.300. The zero-order chi connectivity index (χ0) is 19.2. The van der Waals surface area contributed by atoms with E-state index in [0.717, 1.165) is 22.6 Å². The number of benzene rings is 2. The van der Waals surface area contributed by atoms with E-state index in [2.05, 4.69) is 21.4 Å². The summed E-state index contributed by atoms with van der Waals surface area (Å²) in [6.07, 6.45) is 2.27. The third-order valence-corrected chi connectivity index (χ3v) is 4.51. The van der Waals surface area contributed by atoms with Gasteiger partial charge >= 0.3 is 0 Å². The number of methoxy groups -OCH3 is 1. The Morgan fingerprint density at radius 1 is 1.22 bits per heavy atom. The van der Waals surface area contributed by atoms with Crippen LogP contribution in [0.1, 0.15) is 23.6 Å². The highest BCUT2D eigenvalue weighted by Crippen LogP contribution is 2.25. The van der Waals surface area contributed by atoms with Gasteiger partial charge < -0.3 is 9.64 Å². The molecule has 2 unspecified atom stereocenters. The number of anilines is 1. The predicted molar refractivity (Wildman–Crippen MR) is 107 cm³/mol. The van der Waals surface area contributed by atoms with Crippen molar-refractivity contribution in [2.75, 3.05) is 26.1 Å². The number of ether oxygens (including phenoxy) is 1. The molecule has 1 heterocycles. The van der Waals surface area contributed by atoms with Crippen molar-refractivity contribution >= 4 is 17.8 Å². The Labute approximate surface area is 159 Å². The number of hydrogen-bond donors (Lipinski definition) is 3. The lowest BCUT2D eigenvalue weighted by Crippen LogP contribution is -2.41. The molecule has 3 N–H and O–H groups in total. The number of rotatable bonds is 6. The van der Waals surface area contributed by atoms with Gasteiger partial charge in [0.1, 0.15) is 11.8 Å². The van der Waals surface area contributed by atoms with Gasteiger partial charge in [0.05, 0.1) is 13.3 Å². The zero-order valence-electron chi connectivity index (χ0n) is 15.8. The Morgan fingerprint density at radius 3 is 2.70 bits per heavy atom. The monoisotopic (exact) mass is 367 g/mol. The van der Waals surface area contributed by atoms with Gasteiger partial charge in [-0.1, -0.05) is 24.3 Å². The number of hydrogen-bond acceptors (Lipinski definition) is 6. The average molecular weight is 367 g/mol. The first-order valence-corrected chi connectivity index (χ1v) is 8.82. The average Bonchev–Trinajstić information content (AvgIpc) is 3.19. The topological polar surface area (TPSA) is 78.0 Å². The second kappa shape index (κ2) is 8.66. The van der Waals surface area contributed by atoms with E-state index in [0.29, 0.717) is 6.42 Å². The molecule has 2 aromatic rings. The fourth-order valence-electron chi connectivity index (χ4n) is 2.91. The standard InChI is InChI=1S/C20H25N5O2/c1-25(2)16-9-7-14(8-10-16)13-21-24-20(26)19-12-18(22-23-19)15-5-4-6-17(11-15)27-3/h4-11,13,18-19,22-23H,12H2,1-3H3,(H,24,26)/b21-13+. The molecule has 0 aromatic heterocycles. The van der Waals surface area contributed by atoms with Gasteiger partial charge in [0.2, 0.25) is 0 Å². The van der Waals surface area contributed by atoms with Crippen molar-refractivity contribution in [2.24, 2.45) is 5.10 Å². The van der Waals surface area contributed by atoms with E-state index in [4.69, 9.17) is 4.74 Å². The molecule has 1 amide bonds. The molecular weight excluding hydrogens is 342 g/mol. The van der Waals surface area contributed by atoms with Crippen LogP contribution >= 0.6 is 0 Å². The maximum absolute atomic E-state index is 12.3. The van der Waals surface area contributed by atoms with Crippen LogP contribution in [-0.4, -0.2) is 39.4 Å². The summed E-state index contributed by atoms with van der Waals surface area (Å²) in [6, 6.07) is 15.4. The lowest BCUT2D eigenvalue weighted by atomic mass is 10.0. The molecule has 7 heteroatoms. The Kier molecular flexibility index (Phi) is 6.05. The van der Waals surface area contributed by atoms with Crippen molar-refractivity contribution in [1.82, 2.24) is 16.3 Å². The summed E-state index contributed by atoms with van der Waals surface area (Å²) in [4.78, 5) is 14.3. The Morgan fingerprint density at radius 2 is 2.00 bits per heavy atom. The highest BCUT2D eigenvalue weighted by atomic mass is 16.5. The molecule has 0 saturated carbocycles. The summed E-state index contributed by atoms with van der Waals surface area (Å²) in [7, 11) is 5.62. The van der Waals surface area contributed by atoms with Crippen LogP contribution in [-0.2, 0) is 4.79 Å². The second-order valence-electron chi connectivity index (χ2n) is 6.63. The molecule has 0 radical (unpaired) electrons. The van der Waals surface area contributed by atoms with E-state index in [1.54, 1.807) is 13.3 Å². The summed E-state index contributed by atoms with van der Waals surface area (Å²) >= 11 is 0. The first-order chi connectivity index (χ1) is 13.1. The van der Waals surface area contributed by atoms with Crippen LogP contribution < -0.4 is 25.9 Å². The molecular formula is C20H25N5O2. The maximum Gasteiger partial charge on any atom is 0.258 e. The normalized spacial score (nSPS) is 19.2.